The van der Waals surface area contributed by atoms with Crippen LogP contribution in [-0.4, -0.2) is 55.6 Å². The Morgan fingerprint density at radius 1 is 0.512 bits per heavy atom. The van der Waals surface area contributed by atoms with E-state index >= 15 is 0 Å². The van der Waals surface area contributed by atoms with E-state index < -0.39 is 30.7 Å². The second-order valence-electron chi connectivity index (χ2n) is 10.4. The van der Waals surface area contributed by atoms with E-state index in [1.54, 1.807) is 0 Å². The summed E-state index contributed by atoms with van der Waals surface area (Å²) in [6.45, 7) is 1.82. The average molecular weight is 585 g/mol. The SMILES string of the molecule is OC[C@H](OCc1ccccc1)[C@@H](OCc1ccccc1)[C@@H](OCc1ccccc1)[C@@H](OCc1ccccc1)C1OCCO1. The molecule has 1 aliphatic heterocycles. The van der Waals surface area contributed by atoms with Crippen LogP contribution in [0.4, 0.5) is 0 Å². The largest absolute Gasteiger partial charge is 0.394 e. The molecule has 1 heterocycles. The zero-order valence-corrected chi connectivity index (χ0v) is 24.3. The van der Waals surface area contributed by atoms with Crippen LogP contribution in [0.3, 0.4) is 0 Å². The Labute approximate surface area is 253 Å². The van der Waals surface area contributed by atoms with Crippen LogP contribution in [0.1, 0.15) is 22.3 Å². The van der Waals surface area contributed by atoms with E-state index in [-0.39, 0.29) is 6.61 Å². The van der Waals surface area contributed by atoms with Crippen molar-refractivity contribution in [3.8, 4) is 0 Å². The van der Waals surface area contributed by atoms with Crippen molar-refractivity contribution >= 4 is 0 Å². The fourth-order valence-corrected chi connectivity index (χ4v) is 5.01. The lowest BCUT2D eigenvalue weighted by Crippen LogP contribution is -2.54. The molecule has 1 saturated heterocycles. The van der Waals surface area contributed by atoms with Gasteiger partial charge in [0.2, 0.25) is 0 Å². The molecule has 0 radical (unpaired) electrons. The Morgan fingerprint density at radius 2 is 0.884 bits per heavy atom. The number of benzene rings is 4. The van der Waals surface area contributed by atoms with Gasteiger partial charge in [-0.05, 0) is 22.3 Å². The van der Waals surface area contributed by atoms with Crippen LogP contribution in [-0.2, 0) is 54.8 Å². The second kappa shape index (κ2) is 17.0. The van der Waals surface area contributed by atoms with E-state index in [0.29, 0.717) is 39.6 Å². The van der Waals surface area contributed by atoms with E-state index in [0.717, 1.165) is 22.3 Å². The summed E-state index contributed by atoms with van der Waals surface area (Å²) in [6.07, 6.45) is -3.54. The summed E-state index contributed by atoms with van der Waals surface area (Å²) in [6, 6.07) is 39.7. The highest BCUT2D eigenvalue weighted by Gasteiger charge is 2.44. The Balaban J connectivity index is 1.46. The Hall–Kier alpha value is -3.40. The van der Waals surface area contributed by atoms with Crippen molar-refractivity contribution in [1.82, 2.24) is 0 Å². The normalized spacial score (nSPS) is 16.5. The van der Waals surface area contributed by atoms with Gasteiger partial charge >= 0.3 is 0 Å². The van der Waals surface area contributed by atoms with Crippen molar-refractivity contribution in [1.29, 1.82) is 0 Å². The predicted molar refractivity (Wildman–Crippen MR) is 163 cm³/mol. The zero-order valence-electron chi connectivity index (χ0n) is 24.3. The van der Waals surface area contributed by atoms with Crippen molar-refractivity contribution in [2.24, 2.45) is 0 Å². The predicted octanol–water partition coefficient (Wildman–Crippen LogP) is 5.69. The fraction of sp³-hybridized carbons (Fsp3) is 0.333. The Bertz CT molecular complexity index is 1280. The minimum Gasteiger partial charge on any atom is -0.394 e. The van der Waals surface area contributed by atoms with Crippen LogP contribution in [0.5, 0.6) is 0 Å². The highest BCUT2D eigenvalue weighted by molar-refractivity contribution is 5.16. The molecule has 226 valence electrons. The summed E-state index contributed by atoms with van der Waals surface area (Å²) < 4.78 is 38.2. The van der Waals surface area contributed by atoms with E-state index in [9.17, 15) is 5.11 Å². The second-order valence-corrected chi connectivity index (χ2v) is 10.4. The molecule has 7 nitrogen and oxygen atoms in total. The van der Waals surface area contributed by atoms with Crippen LogP contribution in [0.15, 0.2) is 121 Å². The van der Waals surface area contributed by atoms with Gasteiger partial charge in [-0.2, -0.15) is 0 Å². The first-order valence-corrected chi connectivity index (χ1v) is 14.8. The van der Waals surface area contributed by atoms with E-state index in [1.807, 2.05) is 121 Å². The molecule has 4 aromatic carbocycles. The van der Waals surface area contributed by atoms with Gasteiger partial charge in [-0.1, -0.05) is 121 Å². The van der Waals surface area contributed by atoms with Crippen LogP contribution in [0.2, 0.25) is 0 Å². The lowest BCUT2D eigenvalue weighted by atomic mass is 10.0. The van der Waals surface area contributed by atoms with Gasteiger partial charge in [-0.15, -0.1) is 0 Å². The number of ether oxygens (including phenoxy) is 6. The fourth-order valence-electron chi connectivity index (χ4n) is 5.01. The van der Waals surface area contributed by atoms with Crippen molar-refractivity contribution in [3.63, 3.8) is 0 Å². The van der Waals surface area contributed by atoms with Gasteiger partial charge in [0.15, 0.2) is 6.29 Å². The lowest BCUT2D eigenvalue weighted by molar-refractivity contribution is -0.240. The molecule has 1 aliphatic rings. The van der Waals surface area contributed by atoms with Gasteiger partial charge in [0.25, 0.3) is 0 Å². The van der Waals surface area contributed by atoms with Crippen molar-refractivity contribution < 1.29 is 33.5 Å². The number of hydrogen-bond acceptors (Lipinski definition) is 7. The molecule has 0 amide bonds. The molecule has 0 aliphatic carbocycles. The van der Waals surface area contributed by atoms with Crippen molar-refractivity contribution in [2.75, 3.05) is 19.8 Å². The van der Waals surface area contributed by atoms with Gasteiger partial charge < -0.3 is 33.5 Å². The zero-order chi connectivity index (χ0) is 29.5. The van der Waals surface area contributed by atoms with Crippen LogP contribution < -0.4 is 0 Å². The number of hydrogen-bond donors (Lipinski definition) is 1. The number of aliphatic hydroxyl groups is 1. The van der Waals surface area contributed by atoms with Gasteiger partial charge in [0.05, 0.1) is 46.2 Å². The molecule has 4 aromatic rings. The maximum absolute atomic E-state index is 10.7. The summed E-state index contributed by atoms with van der Waals surface area (Å²) in [5, 5.41) is 10.7. The highest BCUT2D eigenvalue weighted by atomic mass is 16.7. The van der Waals surface area contributed by atoms with Gasteiger partial charge in [0.1, 0.15) is 24.4 Å². The van der Waals surface area contributed by atoms with E-state index in [4.69, 9.17) is 28.4 Å². The molecule has 0 unspecified atom stereocenters. The molecule has 1 fully saturated rings. The third-order valence-electron chi connectivity index (χ3n) is 7.27. The molecule has 4 atom stereocenters. The van der Waals surface area contributed by atoms with Gasteiger partial charge in [-0.25, -0.2) is 0 Å². The molecule has 5 rings (SSSR count). The average Bonchev–Trinajstić information content (AvgIpc) is 3.61. The first-order chi connectivity index (χ1) is 21.3. The molecular formula is C36H40O7. The molecule has 1 N–H and O–H groups in total. The number of aliphatic hydroxyl groups excluding tert-OH is 1. The molecule has 0 bridgehead atoms. The maximum atomic E-state index is 10.7. The third-order valence-corrected chi connectivity index (χ3v) is 7.27. The minimum atomic E-state index is -0.730. The van der Waals surface area contributed by atoms with Crippen LogP contribution >= 0.6 is 0 Å². The maximum Gasteiger partial charge on any atom is 0.186 e. The monoisotopic (exact) mass is 584 g/mol. The summed E-state index contributed by atoms with van der Waals surface area (Å²) in [5.74, 6) is 0. The van der Waals surface area contributed by atoms with E-state index in [1.165, 1.54) is 0 Å². The first-order valence-electron chi connectivity index (χ1n) is 14.8. The first kappa shape index (κ1) is 31.0. The smallest absolute Gasteiger partial charge is 0.186 e. The van der Waals surface area contributed by atoms with Crippen molar-refractivity contribution in [3.05, 3.63) is 144 Å². The molecular weight excluding hydrogens is 544 g/mol. The van der Waals surface area contributed by atoms with Crippen LogP contribution in [0.25, 0.3) is 0 Å². The topological polar surface area (TPSA) is 75.6 Å². The molecule has 0 spiro atoms. The number of rotatable bonds is 17. The van der Waals surface area contributed by atoms with Crippen LogP contribution in [0, 0.1) is 0 Å². The quantitative estimate of drug-likeness (QED) is 0.171. The summed E-state index contributed by atoms with van der Waals surface area (Å²) in [5.41, 5.74) is 3.98. The lowest BCUT2D eigenvalue weighted by Gasteiger charge is -2.38. The Morgan fingerprint density at radius 3 is 1.30 bits per heavy atom. The standard InChI is InChI=1S/C36H40O7/c37-23-32(40-24-28-13-5-1-6-14-28)33(41-25-29-15-7-2-8-16-29)34(42-26-30-17-9-3-10-18-30)35(36-38-21-22-39-36)43-27-31-19-11-4-12-20-31/h1-20,32-37H,21-27H2/t32-,33+,34+,35+/m0/s1. The van der Waals surface area contributed by atoms with E-state index in [2.05, 4.69) is 0 Å². The summed E-state index contributed by atoms with van der Waals surface area (Å²) in [7, 11) is 0. The van der Waals surface area contributed by atoms with Gasteiger partial charge in [0, 0.05) is 0 Å². The third kappa shape index (κ3) is 9.55. The molecule has 43 heavy (non-hydrogen) atoms. The van der Waals surface area contributed by atoms with Crippen molar-refractivity contribution in [2.45, 2.75) is 57.1 Å². The highest BCUT2D eigenvalue weighted by Crippen LogP contribution is 2.27. The molecule has 0 aromatic heterocycles. The molecule has 0 saturated carbocycles. The summed E-state index contributed by atoms with van der Waals surface area (Å²) >= 11 is 0. The van der Waals surface area contributed by atoms with Gasteiger partial charge in [-0.3, -0.25) is 0 Å². The summed E-state index contributed by atoms with van der Waals surface area (Å²) in [4.78, 5) is 0. The minimum absolute atomic E-state index is 0.282. The molecule has 7 heteroatoms. The Kier molecular flexibility index (Phi) is 12.3.